The SMILES string of the molecule is CCc1cc(F)ccc1C1C[C@H](C)CC[C@@H]1c1cc(=O)c2c(C(N)=O)nccc2[nH]1. The van der Waals surface area contributed by atoms with Gasteiger partial charge < -0.3 is 10.7 Å². The molecule has 156 valence electrons. The molecule has 1 amide bonds. The zero-order chi connectivity index (χ0) is 21.4. The van der Waals surface area contributed by atoms with Crippen molar-refractivity contribution in [2.75, 3.05) is 0 Å². The number of aromatic amines is 1. The highest BCUT2D eigenvalue weighted by atomic mass is 19.1. The zero-order valence-electron chi connectivity index (χ0n) is 17.2. The average molecular weight is 407 g/mol. The molecule has 1 aromatic carbocycles. The largest absolute Gasteiger partial charge is 0.364 e. The summed E-state index contributed by atoms with van der Waals surface area (Å²) in [6.45, 7) is 4.28. The first-order valence-corrected chi connectivity index (χ1v) is 10.5. The van der Waals surface area contributed by atoms with Gasteiger partial charge in [-0.3, -0.25) is 14.6 Å². The maximum Gasteiger partial charge on any atom is 0.268 e. The molecule has 2 heterocycles. The van der Waals surface area contributed by atoms with Crippen LogP contribution in [0.3, 0.4) is 0 Å². The summed E-state index contributed by atoms with van der Waals surface area (Å²) < 4.78 is 13.8. The van der Waals surface area contributed by atoms with Crippen LogP contribution in [-0.4, -0.2) is 15.9 Å². The highest BCUT2D eigenvalue weighted by Crippen LogP contribution is 2.46. The predicted molar refractivity (Wildman–Crippen MR) is 115 cm³/mol. The number of aryl methyl sites for hydroxylation is 1. The first-order valence-electron chi connectivity index (χ1n) is 10.5. The van der Waals surface area contributed by atoms with Crippen LogP contribution in [0.2, 0.25) is 0 Å². The third kappa shape index (κ3) is 3.62. The molecule has 3 atom stereocenters. The highest BCUT2D eigenvalue weighted by molar-refractivity contribution is 6.03. The third-order valence-electron chi connectivity index (χ3n) is 6.39. The van der Waals surface area contributed by atoms with Crippen molar-refractivity contribution in [1.29, 1.82) is 0 Å². The second-order valence-electron chi connectivity index (χ2n) is 8.36. The first-order chi connectivity index (χ1) is 14.4. The van der Waals surface area contributed by atoms with E-state index in [1.807, 2.05) is 13.0 Å². The normalized spacial score (nSPS) is 21.6. The van der Waals surface area contributed by atoms with Crippen LogP contribution in [-0.2, 0) is 6.42 Å². The number of fused-ring (bicyclic) bond motifs is 1. The molecule has 6 heteroatoms. The molecule has 4 rings (SSSR count). The number of benzene rings is 1. The van der Waals surface area contributed by atoms with Gasteiger partial charge in [0.25, 0.3) is 5.91 Å². The summed E-state index contributed by atoms with van der Waals surface area (Å²) in [4.78, 5) is 32.0. The third-order valence-corrected chi connectivity index (χ3v) is 6.39. The number of nitrogens with zero attached hydrogens (tertiary/aromatic N) is 1. The molecule has 3 aromatic rings. The van der Waals surface area contributed by atoms with Crippen LogP contribution in [0.5, 0.6) is 0 Å². The molecule has 1 fully saturated rings. The Morgan fingerprint density at radius 1 is 1.23 bits per heavy atom. The fourth-order valence-corrected chi connectivity index (χ4v) is 4.95. The monoisotopic (exact) mass is 407 g/mol. The number of nitrogens with two attached hydrogens (primary N) is 1. The lowest BCUT2D eigenvalue weighted by molar-refractivity contribution is 0.0997. The van der Waals surface area contributed by atoms with Crippen molar-refractivity contribution in [3.05, 3.63) is 75.1 Å². The molecule has 0 bridgehead atoms. The van der Waals surface area contributed by atoms with Crippen LogP contribution >= 0.6 is 0 Å². The van der Waals surface area contributed by atoms with Gasteiger partial charge in [0.1, 0.15) is 11.5 Å². The summed E-state index contributed by atoms with van der Waals surface area (Å²) in [6, 6.07) is 8.33. The molecule has 1 aliphatic carbocycles. The van der Waals surface area contributed by atoms with Crippen molar-refractivity contribution < 1.29 is 9.18 Å². The molecule has 0 spiro atoms. The van der Waals surface area contributed by atoms with E-state index in [0.29, 0.717) is 11.4 Å². The van der Waals surface area contributed by atoms with E-state index in [0.717, 1.165) is 42.5 Å². The number of hydrogen-bond donors (Lipinski definition) is 2. The molecule has 1 unspecified atom stereocenters. The van der Waals surface area contributed by atoms with Gasteiger partial charge in [-0.2, -0.15) is 0 Å². The fourth-order valence-electron chi connectivity index (χ4n) is 4.95. The summed E-state index contributed by atoms with van der Waals surface area (Å²) in [5.41, 5.74) is 8.71. The summed E-state index contributed by atoms with van der Waals surface area (Å²) in [5.74, 6) is -0.0864. The van der Waals surface area contributed by atoms with Gasteiger partial charge in [-0.25, -0.2) is 4.39 Å². The average Bonchev–Trinajstić information content (AvgIpc) is 2.72. The van der Waals surface area contributed by atoms with Gasteiger partial charge in [-0.15, -0.1) is 0 Å². The minimum atomic E-state index is -0.720. The topological polar surface area (TPSA) is 88.8 Å². The van der Waals surface area contributed by atoms with Crippen molar-refractivity contribution in [3.63, 3.8) is 0 Å². The van der Waals surface area contributed by atoms with Crippen LogP contribution in [0, 0.1) is 11.7 Å². The minimum absolute atomic E-state index is 0.0130. The maximum absolute atomic E-state index is 13.8. The number of halogens is 1. The molecule has 2 aromatic heterocycles. The summed E-state index contributed by atoms with van der Waals surface area (Å²) in [6.07, 6.45) is 5.21. The Hall–Kier alpha value is -3.02. The van der Waals surface area contributed by atoms with Crippen molar-refractivity contribution in [1.82, 2.24) is 9.97 Å². The number of carbonyl (C=O) groups excluding carboxylic acids is 1. The first kappa shape index (κ1) is 20.3. The van der Waals surface area contributed by atoms with E-state index in [1.54, 1.807) is 18.2 Å². The van der Waals surface area contributed by atoms with E-state index in [-0.39, 0.29) is 34.2 Å². The van der Waals surface area contributed by atoms with Crippen molar-refractivity contribution in [2.45, 2.75) is 51.4 Å². The minimum Gasteiger partial charge on any atom is -0.364 e. The molecule has 0 radical (unpaired) electrons. The number of hydrogen-bond acceptors (Lipinski definition) is 3. The van der Waals surface area contributed by atoms with Crippen LogP contribution < -0.4 is 11.2 Å². The van der Waals surface area contributed by atoms with Gasteiger partial charge in [-0.1, -0.05) is 26.3 Å². The van der Waals surface area contributed by atoms with Gasteiger partial charge in [0.05, 0.1) is 10.9 Å². The second kappa shape index (κ2) is 8.01. The highest BCUT2D eigenvalue weighted by Gasteiger charge is 2.33. The number of aromatic nitrogens is 2. The van der Waals surface area contributed by atoms with E-state index in [4.69, 9.17) is 5.73 Å². The maximum atomic E-state index is 13.8. The van der Waals surface area contributed by atoms with E-state index >= 15 is 0 Å². The smallest absolute Gasteiger partial charge is 0.268 e. The molecule has 0 saturated heterocycles. The van der Waals surface area contributed by atoms with Gasteiger partial charge in [0, 0.05) is 23.9 Å². The summed E-state index contributed by atoms with van der Waals surface area (Å²) in [7, 11) is 0. The van der Waals surface area contributed by atoms with Gasteiger partial charge in [0.2, 0.25) is 0 Å². The standard InChI is InChI=1S/C24H26FN3O2/c1-3-14-11-15(25)5-7-16(14)18-10-13(2)4-6-17(18)20-12-21(29)22-19(28-20)8-9-27-23(22)24(26)30/h5,7-9,11-13,17-18H,3-4,6,10H2,1-2H3,(H2,26,30)(H,28,29)/t13-,17+,18?/m1/s1. The zero-order valence-corrected chi connectivity index (χ0v) is 17.2. The number of rotatable bonds is 4. The predicted octanol–water partition coefficient (Wildman–Crippen LogP) is 4.41. The van der Waals surface area contributed by atoms with Gasteiger partial charge in [0.15, 0.2) is 5.43 Å². The number of H-pyrrole nitrogens is 1. The lowest BCUT2D eigenvalue weighted by Gasteiger charge is -2.36. The Bertz CT molecular complexity index is 1170. The molecular formula is C24H26FN3O2. The van der Waals surface area contributed by atoms with Crippen molar-refractivity contribution in [3.8, 4) is 0 Å². The molecule has 1 aliphatic rings. The Morgan fingerprint density at radius 2 is 2.03 bits per heavy atom. The van der Waals surface area contributed by atoms with Crippen LogP contribution in [0.1, 0.15) is 72.3 Å². The molecule has 5 nitrogen and oxygen atoms in total. The molecule has 1 saturated carbocycles. The molecule has 3 N–H and O–H groups in total. The van der Waals surface area contributed by atoms with Crippen molar-refractivity contribution >= 4 is 16.8 Å². The van der Waals surface area contributed by atoms with Crippen molar-refractivity contribution in [2.24, 2.45) is 11.7 Å². The Kier molecular flexibility index (Phi) is 5.41. The van der Waals surface area contributed by atoms with Crippen LogP contribution in [0.4, 0.5) is 4.39 Å². The second-order valence-corrected chi connectivity index (χ2v) is 8.36. The van der Waals surface area contributed by atoms with E-state index in [1.165, 1.54) is 12.3 Å². The lowest BCUT2D eigenvalue weighted by Crippen LogP contribution is -2.24. The lowest BCUT2D eigenvalue weighted by atomic mass is 9.69. The number of primary amides is 1. The fraction of sp³-hybridized carbons (Fsp3) is 0.375. The van der Waals surface area contributed by atoms with Crippen LogP contribution in [0.15, 0.2) is 41.3 Å². The van der Waals surface area contributed by atoms with Gasteiger partial charge >= 0.3 is 0 Å². The number of carbonyl (C=O) groups is 1. The summed E-state index contributed by atoms with van der Waals surface area (Å²) in [5, 5.41) is 0.227. The number of nitrogens with one attached hydrogen (secondary N) is 1. The molecule has 0 aliphatic heterocycles. The van der Waals surface area contributed by atoms with E-state index in [9.17, 15) is 14.0 Å². The molecule has 30 heavy (non-hydrogen) atoms. The Labute approximate surface area is 174 Å². The van der Waals surface area contributed by atoms with E-state index in [2.05, 4.69) is 16.9 Å². The number of amides is 1. The molecular weight excluding hydrogens is 381 g/mol. The number of pyridine rings is 2. The summed E-state index contributed by atoms with van der Waals surface area (Å²) >= 11 is 0. The Morgan fingerprint density at radius 3 is 2.77 bits per heavy atom. The Balaban J connectivity index is 1.84. The van der Waals surface area contributed by atoms with E-state index < -0.39 is 5.91 Å². The quantitative estimate of drug-likeness (QED) is 0.671. The van der Waals surface area contributed by atoms with Crippen LogP contribution in [0.25, 0.3) is 10.9 Å². The van der Waals surface area contributed by atoms with Gasteiger partial charge in [-0.05, 0) is 60.4 Å².